The van der Waals surface area contributed by atoms with Crippen molar-refractivity contribution in [2.45, 2.75) is 25.3 Å². The summed E-state index contributed by atoms with van der Waals surface area (Å²) >= 11 is 0. The third-order valence-electron chi connectivity index (χ3n) is 6.55. The normalized spacial score (nSPS) is 16.3. The topological polar surface area (TPSA) is 49.4 Å². The molecule has 0 amide bonds. The number of hydrogen-bond acceptors (Lipinski definition) is 5. The van der Waals surface area contributed by atoms with Gasteiger partial charge in [0.1, 0.15) is 11.6 Å². The van der Waals surface area contributed by atoms with Gasteiger partial charge in [0.25, 0.3) is 0 Å². The minimum atomic E-state index is 0.664. The van der Waals surface area contributed by atoms with E-state index in [9.17, 15) is 0 Å². The summed E-state index contributed by atoms with van der Waals surface area (Å²) in [5, 5.41) is 6.90. The molecular formula is C27H30N4O. The molecule has 1 saturated heterocycles. The van der Waals surface area contributed by atoms with Crippen LogP contribution in [0.25, 0.3) is 17.3 Å². The van der Waals surface area contributed by atoms with Crippen molar-refractivity contribution >= 4 is 17.6 Å². The zero-order valence-electron chi connectivity index (χ0n) is 18.8. The van der Waals surface area contributed by atoms with E-state index < -0.39 is 0 Å². The van der Waals surface area contributed by atoms with Crippen molar-refractivity contribution < 1.29 is 4.74 Å². The van der Waals surface area contributed by atoms with E-state index in [0.29, 0.717) is 5.92 Å². The van der Waals surface area contributed by atoms with Gasteiger partial charge in [0.2, 0.25) is 0 Å². The molecular weight excluding hydrogens is 396 g/mol. The van der Waals surface area contributed by atoms with Gasteiger partial charge >= 0.3 is 0 Å². The van der Waals surface area contributed by atoms with E-state index in [1.165, 1.54) is 42.6 Å². The lowest BCUT2D eigenvalue weighted by Crippen LogP contribution is -2.29. The van der Waals surface area contributed by atoms with Gasteiger partial charge in [-0.3, -0.25) is 0 Å². The van der Waals surface area contributed by atoms with Crippen LogP contribution in [0.1, 0.15) is 35.4 Å². The fourth-order valence-corrected chi connectivity index (χ4v) is 4.59. The van der Waals surface area contributed by atoms with Crippen molar-refractivity contribution in [3.05, 3.63) is 77.5 Å². The van der Waals surface area contributed by atoms with Crippen molar-refractivity contribution in [3.8, 4) is 17.0 Å². The van der Waals surface area contributed by atoms with Gasteiger partial charge in [-0.05, 0) is 92.6 Å². The monoisotopic (exact) mass is 426 g/mol. The van der Waals surface area contributed by atoms with Crippen LogP contribution < -0.4 is 15.4 Å². The fraction of sp³-hybridized carbons (Fsp3) is 0.296. The Hall–Kier alpha value is -3.31. The number of ether oxygens (including phenoxy) is 1. The van der Waals surface area contributed by atoms with Gasteiger partial charge < -0.3 is 20.3 Å². The smallest absolute Gasteiger partial charge is 0.136 e. The van der Waals surface area contributed by atoms with E-state index in [-0.39, 0.29) is 0 Å². The lowest BCUT2D eigenvalue weighted by atomic mass is 9.89. The highest BCUT2D eigenvalue weighted by molar-refractivity contribution is 5.74. The molecule has 0 radical (unpaired) electrons. The molecule has 5 nitrogen and oxygen atoms in total. The number of pyridine rings is 1. The molecule has 32 heavy (non-hydrogen) atoms. The van der Waals surface area contributed by atoms with Gasteiger partial charge in [-0.1, -0.05) is 24.3 Å². The summed E-state index contributed by atoms with van der Waals surface area (Å²) in [6, 6.07) is 19.1. The van der Waals surface area contributed by atoms with Gasteiger partial charge in [-0.2, -0.15) is 0 Å². The van der Waals surface area contributed by atoms with Crippen LogP contribution in [0.5, 0.6) is 5.75 Å². The molecule has 164 valence electrons. The Morgan fingerprint density at radius 2 is 1.88 bits per heavy atom. The fourth-order valence-electron chi connectivity index (χ4n) is 4.59. The summed E-state index contributed by atoms with van der Waals surface area (Å²) in [5.41, 5.74) is 6.84. The maximum Gasteiger partial charge on any atom is 0.136 e. The highest BCUT2D eigenvalue weighted by Crippen LogP contribution is 2.32. The maximum atomic E-state index is 5.41. The van der Waals surface area contributed by atoms with E-state index in [1.54, 1.807) is 7.11 Å². The Morgan fingerprint density at radius 1 is 1.06 bits per heavy atom. The number of hydrogen-bond donors (Lipinski definition) is 2. The first-order valence-corrected chi connectivity index (χ1v) is 11.3. The van der Waals surface area contributed by atoms with E-state index in [2.05, 4.69) is 65.1 Å². The maximum absolute atomic E-state index is 5.41. The van der Waals surface area contributed by atoms with Gasteiger partial charge in [0.05, 0.1) is 12.8 Å². The number of fused-ring (bicyclic) bond motifs is 1. The van der Waals surface area contributed by atoms with Crippen molar-refractivity contribution in [2.75, 3.05) is 32.6 Å². The number of nitrogens with one attached hydrogen (secondary N) is 2. The predicted molar refractivity (Wildman–Crippen MR) is 131 cm³/mol. The van der Waals surface area contributed by atoms with Crippen LogP contribution in [0, 0.1) is 0 Å². The summed E-state index contributed by atoms with van der Waals surface area (Å²) in [5.74, 6) is 2.39. The summed E-state index contributed by atoms with van der Waals surface area (Å²) in [7, 11) is 3.90. The minimum absolute atomic E-state index is 0.664. The second-order valence-electron chi connectivity index (χ2n) is 8.69. The van der Waals surface area contributed by atoms with Crippen LogP contribution in [-0.2, 0) is 6.54 Å². The molecule has 2 aromatic carbocycles. The number of piperidine rings is 1. The summed E-state index contributed by atoms with van der Waals surface area (Å²) in [6.07, 6.45) is 6.58. The predicted octanol–water partition coefficient (Wildman–Crippen LogP) is 5.38. The third-order valence-corrected chi connectivity index (χ3v) is 6.55. The zero-order chi connectivity index (χ0) is 21.9. The van der Waals surface area contributed by atoms with Crippen LogP contribution in [0.4, 0.5) is 11.5 Å². The van der Waals surface area contributed by atoms with E-state index >= 15 is 0 Å². The molecule has 3 heterocycles. The highest BCUT2D eigenvalue weighted by atomic mass is 16.5. The van der Waals surface area contributed by atoms with Crippen LogP contribution in [0.3, 0.4) is 0 Å². The highest BCUT2D eigenvalue weighted by Gasteiger charge is 2.19. The van der Waals surface area contributed by atoms with Gasteiger partial charge in [0, 0.05) is 23.4 Å². The van der Waals surface area contributed by atoms with Crippen LogP contribution in [-0.4, -0.2) is 37.1 Å². The standard InChI is InChI=1S/C27H30N4O/c1-31-14-11-20(12-15-31)19-6-8-23(9-7-19)29-27-25-18-28-13-10-21(25)17-26(30-27)22-4-3-5-24(16-22)32-2/h3-10,13,16-17,20,28H,11-12,14-15,18H2,1-2H3,(H,29,30). The molecule has 0 atom stereocenters. The number of nitrogens with zero attached hydrogens (tertiary/aromatic N) is 2. The van der Waals surface area contributed by atoms with Crippen LogP contribution >= 0.6 is 0 Å². The average molecular weight is 427 g/mol. The number of benzene rings is 2. The number of methoxy groups -OCH3 is 1. The Morgan fingerprint density at radius 3 is 2.66 bits per heavy atom. The molecule has 1 fully saturated rings. The van der Waals surface area contributed by atoms with Crippen molar-refractivity contribution in [1.29, 1.82) is 0 Å². The molecule has 2 N–H and O–H groups in total. The summed E-state index contributed by atoms with van der Waals surface area (Å²) < 4.78 is 5.41. The number of rotatable bonds is 5. The van der Waals surface area contributed by atoms with Gasteiger partial charge in [-0.25, -0.2) is 4.98 Å². The molecule has 0 unspecified atom stereocenters. The lowest BCUT2D eigenvalue weighted by Gasteiger charge is -2.29. The second-order valence-corrected chi connectivity index (χ2v) is 8.69. The summed E-state index contributed by atoms with van der Waals surface area (Å²) in [6.45, 7) is 3.11. The van der Waals surface area contributed by atoms with E-state index in [0.717, 1.165) is 35.1 Å². The number of likely N-dealkylation sites (tertiary alicyclic amines) is 1. The van der Waals surface area contributed by atoms with E-state index in [4.69, 9.17) is 9.72 Å². The molecule has 3 aromatic rings. The molecule has 2 aliphatic heterocycles. The summed E-state index contributed by atoms with van der Waals surface area (Å²) in [4.78, 5) is 7.42. The van der Waals surface area contributed by atoms with Gasteiger partial charge in [0.15, 0.2) is 0 Å². The van der Waals surface area contributed by atoms with E-state index in [1.807, 2.05) is 24.4 Å². The Kier molecular flexibility index (Phi) is 5.82. The molecule has 5 heteroatoms. The Labute approximate surface area is 190 Å². The number of aromatic nitrogens is 1. The quantitative estimate of drug-likeness (QED) is 0.573. The van der Waals surface area contributed by atoms with Crippen LogP contribution in [0.15, 0.2) is 60.8 Å². The first-order chi connectivity index (χ1) is 15.7. The first-order valence-electron chi connectivity index (χ1n) is 11.3. The Bertz CT molecular complexity index is 1120. The molecule has 0 bridgehead atoms. The van der Waals surface area contributed by atoms with Crippen molar-refractivity contribution in [2.24, 2.45) is 0 Å². The largest absolute Gasteiger partial charge is 0.497 e. The van der Waals surface area contributed by atoms with Crippen molar-refractivity contribution in [3.63, 3.8) is 0 Å². The zero-order valence-corrected chi connectivity index (χ0v) is 18.8. The molecule has 1 aromatic heterocycles. The molecule has 0 aliphatic carbocycles. The minimum Gasteiger partial charge on any atom is -0.497 e. The van der Waals surface area contributed by atoms with Gasteiger partial charge in [-0.15, -0.1) is 0 Å². The SMILES string of the molecule is COc1cccc(-c2cc3c(c(Nc4ccc(C5CCN(C)CC5)cc4)n2)CNC=C3)c1. The average Bonchev–Trinajstić information content (AvgIpc) is 2.85. The Balaban J connectivity index is 1.43. The molecule has 0 spiro atoms. The second kappa shape index (κ2) is 9.05. The van der Waals surface area contributed by atoms with Crippen LogP contribution in [0.2, 0.25) is 0 Å². The molecule has 0 saturated carbocycles. The van der Waals surface area contributed by atoms with Crippen molar-refractivity contribution in [1.82, 2.24) is 15.2 Å². The first kappa shape index (κ1) is 20.6. The molecule has 5 rings (SSSR count). The third kappa shape index (κ3) is 4.34. The number of anilines is 2. The lowest BCUT2D eigenvalue weighted by molar-refractivity contribution is 0.255. The molecule has 2 aliphatic rings.